The number of rotatable bonds is 2. The fourth-order valence-corrected chi connectivity index (χ4v) is 2.73. The van der Waals surface area contributed by atoms with Gasteiger partial charge in [-0.3, -0.25) is 0 Å². The number of anilines is 1. The number of hydrogen-bond acceptors (Lipinski definition) is 1. The van der Waals surface area contributed by atoms with Crippen LogP contribution in [0.2, 0.25) is 5.02 Å². The van der Waals surface area contributed by atoms with Crippen LogP contribution in [0.25, 0.3) is 0 Å². The van der Waals surface area contributed by atoms with Gasteiger partial charge in [-0.05, 0) is 54.3 Å². The van der Waals surface area contributed by atoms with Crippen LogP contribution in [-0.2, 0) is 6.42 Å². The summed E-state index contributed by atoms with van der Waals surface area (Å²) in [6, 6.07) is 9.13. The summed E-state index contributed by atoms with van der Waals surface area (Å²) in [4.78, 5) is 0. The summed E-state index contributed by atoms with van der Waals surface area (Å²) in [5.74, 6) is -0.887. The van der Waals surface area contributed by atoms with Crippen molar-refractivity contribution in [1.29, 1.82) is 0 Å². The van der Waals surface area contributed by atoms with Crippen LogP contribution in [-0.4, -0.2) is 0 Å². The normalized spacial score (nSPS) is 17.3. The quantitative estimate of drug-likeness (QED) is 0.839. The molecule has 0 radical (unpaired) electrons. The molecule has 1 nitrogen and oxygen atoms in total. The second-order valence-corrected chi connectivity index (χ2v) is 5.14. The SMILES string of the molecule is Fc1ccc(F)c(NC2CCc3cc(Cl)ccc32)c1. The fourth-order valence-electron chi connectivity index (χ4n) is 2.53. The van der Waals surface area contributed by atoms with Gasteiger partial charge in [0.1, 0.15) is 11.6 Å². The Kier molecular flexibility index (Phi) is 3.15. The summed E-state index contributed by atoms with van der Waals surface area (Å²) in [6.45, 7) is 0. The second kappa shape index (κ2) is 4.82. The summed E-state index contributed by atoms with van der Waals surface area (Å²) in [7, 11) is 0. The predicted octanol–water partition coefficient (Wildman–Crippen LogP) is 4.72. The van der Waals surface area contributed by atoms with E-state index >= 15 is 0 Å². The topological polar surface area (TPSA) is 12.0 Å². The van der Waals surface area contributed by atoms with E-state index in [1.54, 1.807) is 0 Å². The van der Waals surface area contributed by atoms with Crippen LogP contribution in [0.4, 0.5) is 14.5 Å². The van der Waals surface area contributed by atoms with Gasteiger partial charge in [-0.25, -0.2) is 8.78 Å². The Morgan fingerprint density at radius 2 is 1.95 bits per heavy atom. The maximum atomic E-state index is 13.6. The highest BCUT2D eigenvalue weighted by molar-refractivity contribution is 6.30. The van der Waals surface area contributed by atoms with Crippen molar-refractivity contribution >= 4 is 17.3 Å². The lowest BCUT2D eigenvalue weighted by Gasteiger charge is -2.16. The van der Waals surface area contributed by atoms with Crippen LogP contribution in [0.1, 0.15) is 23.6 Å². The highest BCUT2D eigenvalue weighted by Crippen LogP contribution is 2.35. The third-order valence-corrected chi connectivity index (χ3v) is 3.68. The van der Waals surface area contributed by atoms with Crippen molar-refractivity contribution in [3.8, 4) is 0 Å². The molecule has 1 aliphatic carbocycles. The first-order valence-corrected chi connectivity index (χ1v) is 6.51. The lowest BCUT2D eigenvalue weighted by molar-refractivity contribution is 0.599. The first kappa shape index (κ1) is 12.4. The third-order valence-electron chi connectivity index (χ3n) is 3.44. The van der Waals surface area contributed by atoms with Gasteiger partial charge in [0.2, 0.25) is 0 Å². The first-order chi connectivity index (χ1) is 9.13. The van der Waals surface area contributed by atoms with E-state index in [1.807, 2.05) is 18.2 Å². The van der Waals surface area contributed by atoms with E-state index in [9.17, 15) is 8.78 Å². The molecule has 1 atom stereocenters. The van der Waals surface area contributed by atoms with Crippen LogP contribution in [0, 0.1) is 11.6 Å². The molecule has 1 aliphatic rings. The third kappa shape index (κ3) is 2.43. The largest absolute Gasteiger partial charge is 0.376 e. The number of nitrogens with one attached hydrogen (secondary N) is 1. The van der Waals surface area contributed by atoms with Gasteiger partial charge in [0.05, 0.1) is 11.7 Å². The van der Waals surface area contributed by atoms with Gasteiger partial charge in [0.15, 0.2) is 0 Å². The van der Waals surface area contributed by atoms with Crippen molar-refractivity contribution in [3.05, 3.63) is 64.2 Å². The molecule has 0 aliphatic heterocycles. The summed E-state index contributed by atoms with van der Waals surface area (Å²) in [5, 5.41) is 3.77. The predicted molar refractivity (Wildman–Crippen MR) is 72.5 cm³/mol. The summed E-state index contributed by atoms with van der Waals surface area (Å²) in [5.41, 5.74) is 2.47. The number of hydrogen-bond donors (Lipinski definition) is 1. The molecule has 4 heteroatoms. The highest BCUT2D eigenvalue weighted by Gasteiger charge is 2.23. The molecular weight excluding hydrogens is 268 g/mol. The van der Waals surface area contributed by atoms with Crippen LogP contribution < -0.4 is 5.32 Å². The van der Waals surface area contributed by atoms with E-state index in [4.69, 9.17) is 11.6 Å². The fraction of sp³-hybridized carbons (Fsp3) is 0.200. The van der Waals surface area contributed by atoms with E-state index in [0.717, 1.165) is 30.5 Å². The average Bonchev–Trinajstić information content (AvgIpc) is 2.76. The monoisotopic (exact) mass is 279 g/mol. The van der Waals surface area contributed by atoms with E-state index in [2.05, 4.69) is 5.32 Å². The molecule has 98 valence electrons. The Balaban J connectivity index is 1.88. The zero-order chi connectivity index (χ0) is 13.4. The molecule has 2 aromatic rings. The van der Waals surface area contributed by atoms with Gasteiger partial charge < -0.3 is 5.32 Å². The molecule has 3 rings (SSSR count). The van der Waals surface area contributed by atoms with Crippen molar-refractivity contribution in [2.24, 2.45) is 0 Å². The average molecular weight is 280 g/mol. The van der Waals surface area contributed by atoms with Gasteiger partial charge in [-0.15, -0.1) is 0 Å². The molecule has 0 aromatic heterocycles. The first-order valence-electron chi connectivity index (χ1n) is 6.13. The maximum Gasteiger partial charge on any atom is 0.146 e. The Morgan fingerprint density at radius 1 is 1.11 bits per heavy atom. The molecule has 0 saturated carbocycles. The smallest absolute Gasteiger partial charge is 0.146 e. The van der Waals surface area contributed by atoms with Gasteiger partial charge in [0.25, 0.3) is 0 Å². The van der Waals surface area contributed by atoms with Crippen LogP contribution in [0.15, 0.2) is 36.4 Å². The van der Waals surface area contributed by atoms with Gasteiger partial charge in [-0.2, -0.15) is 0 Å². The molecule has 0 saturated heterocycles. The maximum absolute atomic E-state index is 13.6. The Morgan fingerprint density at radius 3 is 2.79 bits per heavy atom. The Bertz CT molecular complexity index is 628. The van der Waals surface area contributed by atoms with Crippen molar-refractivity contribution in [2.75, 3.05) is 5.32 Å². The minimum Gasteiger partial charge on any atom is -0.376 e. The standard InChI is InChI=1S/C15H12ClF2N/c16-10-2-4-12-9(7-10)1-6-14(12)19-15-8-11(17)3-5-13(15)18/h2-5,7-8,14,19H,1,6H2. The lowest BCUT2D eigenvalue weighted by atomic mass is 10.1. The molecule has 19 heavy (non-hydrogen) atoms. The van der Waals surface area contributed by atoms with E-state index in [0.29, 0.717) is 5.02 Å². The Labute approximate surface area is 115 Å². The van der Waals surface area contributed by atoms with E-state index in [1.165, 1.54) is 11.6 Å². The Hall–Kier alpha value is -1.61. The molecule has 2 aromatic carbocycles. The molecule has 1 unspecified atom stereocenters. The lowest BCUT2D eigenvalue weighted by Crippen LogP contribution is -2.08. The minimum absolute atomic E-state index is 0.00330. The zero-order valence-corrected chi connectivity index (χ0v) is 10.8. The number of fused-ring (bicyclic) bond motifs is 1. The van der Waals surface area contributed by atoms with Crippen LogP contribution >= 0.6 is 11.6 Å². The molecule has 0 spiro atoms. The van der Waals surface area contributed by atoms with E-state index in [-0.39, 0.29) is 11.7 Å². The highest BCUT2D eigenvalue weighted by atomic mass is 35.5. The molecular formula is C15H12ClF2N. The zero-order valence-electron chi connectivity index (χ0n) is 10.1. The van der Waals surface area contributed by atoms with E-state index < -0.39 is 11.6 Å². The molecule has 1 N–H and O–H groups in total. The van der Waals surface area contributed by atoms with Crippen molar-refractivity contribution < 1.29 is 8.78 Å². The van der Waals surface area contributed by atoms with Crippen molar-refractivity contribution in [1.82, 2.24) is 0 Å². The van der Waals surface area contributed by atoms with Gasteiger partial charge >= 0.3 is 0 Å². The minimum atomic E-state index is -0.446. The number of benzene rings is 2. The summed E-state index contributed by atoms with van der Waals surface area (Å²) in [6.07, 6.45) is 1.75. The van der Waals surface area contributed by atoms with Crippen molar-refractivity contribution in [3.63, 3.8) is 0 Å². The molecule has 0 heterocycles. The second-order valence-electron chi connectivity index (χ2n) is 4.70. The summed E-state index contributed by atoms with van der Waals surface area (Å²) < 4.78 is 26.8. The van der Waals surface area contributed by atoms with Crippen LogP contribution in [0.3, 0.4) is 0 Å². The molecule has 0 bridgehead atoms. The van der Waals surface area contributed by atoms with Gasteiger partial charge in [-0.1, -0.05) is 17.7 Å². The van der Waals surface area contributed by atoms with Crippen molar-refractivity contribution in [2.45, 2.75) is 18.9 Å². The van der Waals surface area contributed by atoms with Gasteiger partial charge in [0, 0.05) is 5.02 Å². The number of aryl methyl sites for hydroxylation is 1. The van der Waals surface area contributed by atoms with Crippen LogP contribution in [0.5, 0.6) is 0 Å². The summed E-state index contributed by atoms with van der Waals surface area (Å²) >= 11 is 5.95. The number of halogens is 3. The molecule has 0 amide bonds. The molecule has 0 fully saturated rings.